The summed E-state index contributed by atoms with van der Waals surface area (Å²) in [6.45, 7) is 1.87. The van der Waals surface area contributed by atoms with E-state index < -0.39 is 0 Å². The van der Waals surface area contributed by atoms with Gasteiger partial charge in [0.15, 0.2) is 0 Å². The molecule has 1 unspecified atom stereocenters. The van der Waals surface area contributed by atoms with Gasteiger partial charge in [-0.15, -0.1) is 0 Å². The number of H-pyrrole nitrogens is 1. The van der Waals surface area contributed by atoms with Crippen molar-refractivity contribution in [3.63, 3.8) is 0 Å². The van der Waals surface area contributed by atoms with Crippen LogP contribution in [0.1, 0.15) is 35.0 Å². The van der Waals surface area contributed by atoms with Crippen molar-refractivity contribution in [1.82, 2.24) is 19.8 Å². The van der Waals surface area contributed by atoms with Crippen molar-refractivity contribution in [2.75, 3.05) is 20.1 Å². The Bertz CT molecular complexity index is 1050. The second-order valence-electron chi connectivity index (χ2n) is 8.11. The van der Waals surface area contributed by atoms with Gasteiger partial charge in [0, 0.05) is 38.2 Å². The largest absolute Gasteiger partial charge is 0.508 e. The SMILES string of the molecule is CN(CCC(=O)N1CCc2[nH]cnc2C1Cc1cccc(F)c1)Cc1cccc(O)c1. The number of rotatable bonds is 7. The minimum Gasteiger partial charge on any atom is -0.508 e. The van der Waals surface area contributed by atoms with Crippen LogP contribution >= 0.6 is 0 Å². The molecule has 2 aromatic carbocycles. The molecule has 0 bridgehead atoms. The number of aromatic hydroxyl groups is 1. The molecule has 0 fully saturated rings. The zero-order chi connectivity index (χ0) is 21.8. The van der Waals surface area contributed by atoms with Gasteiger partial charge in [-0.2, -0.15) is 0 Å². The lowest BCUT2D eigenvalue weighted by Crippen LogP contribution is -2.42. The third kappa shape index (κ3) is 5.11. The predicted molar refractivity (Wildman–Crippen MR) is 116 cm³/mol. The number of nitrogens with one attached hydrogen (secondary N) is 1. The fourth-order valence-corrected chi connectivity index (χ4v) is 4.22. The lowest BCUT2D eigenvalue weighted by molar-refractivity contribution is -0.134. The van der Waals surface area contributed by atoms with Gasteiger partial charge in [-0.05, 0) is 48.9 Å². The number of halogens is 1. The number of hydrogen-bond donors (Lipinski definition) is 2. The van der Waals surface area contributed by atoms with E-state index in [2.05, 4.69) is 14.9 Å². The Kier molecular flexibility index (Phi) is 6.32. The first-order valence-corrected chi connectivity index (χ1v) is 10.5. The van der Waals surface area contributed by atoms with Gasteiger partial charge in [0.25, 0.3) is 0 Å². The van der Waals surface area contributed by atoms with Crippen LogP contribution in [0.5, 0.6) is 5.75 Å². The summed E-state index contributed by atoms with van der Waals surface area (Å²) < 4.78 is 13.7. The van der Waals surface area contributed by atoms with Crippen molar-refractivity contribution in [2.45, 2.75) is 31.8 Å². The zero-order valence-electron chi connectivity index (χ0n) is 17.6. The first kappa shape index (κ1) is 21.1. The van der Waals surface area contributed by atoms with Crippen molar-refractivity contribution in [1.29, 1.82) is 0 Å². The third-order valence-corrected chi connectivity index (χ3v) is 5.76. The van der Waals surface area contributed by atoms with Crippen LogP contribution < -0.4 is 0 Å². The van der Waals surface area contributed by atoms with Gasteiger partial charge in [-0.25, -0.2) is 9.37 Å². The van der Waals surface area contributed by atoms with E-state index >= 15 is 0 Å². The normalized spacial score (nSPS) is 15.8. The molecule has 1 aliphatic heterocycles. The Labute approximate surface area is 181 Å². The summed E-state index contributed by atoms with van der Waals surface area (Å²) in [5.41, 5.74) is 3.76. The van der Waals surface area contributed by atoms with Gasteiger partial charge in [0.1, 0.15) is 11.6 Å². The molecule has 3 aromatic rings. The standard InChI is InChI=1S/C24H27FN4O2/c1-28(15-18-5-3-7-20(30)13-18)10-9-23(31)29-11-8-21-24(27-16-26-21)22(29)14-17-4-2-6-19(25)12-17/h2-7,12-13,16,22,30H,8-11,14-15H2,1H3,(H,26,27). The van der Waals surface area contributed by atoms with E-state index in [0.29, 0.717) is 32.5 Å². The summed E-state index contributed by atoms with van der Waals surface area (Å²) in [5, 5.41) is 9.63. The number of phenols is 1. The molecule has 4 rings (SSSR count). The van der Waals surface area contributed by atoms with Crippen LogP contribution in [0.25, 0.3) is 0 Å². The van der Waals surface area contributed by atoms with Crippen LogP contribution in [-0.2, 0) is 24.2 Å². The van der Waals surface area contributed by atoms with Crippen molar-refractivity contribution >= 4 is 5.91 Å². The fraction of sp³-hybridized carbons (Fsp3) is 0.333. The highest BCUT2D eigenvalue weighted by Crippen LogP contribution is 2.31. The van der Waals surface area contributed by atoms with E-state index in [-0.39, 0.29) is 23.5 Å². The number of phenolic OH excluding ortho intramolecular Hbond substituents is 1. The van der Waals surface area contributed by atoms with Gasteiger partial charge in [0.05, 0.1) is 18.1 Å². The van der Waals surface area contributed by atoms with E-state index in [1.807, 2.05) is 30.1 Å². The monoisotopic (exact) mass is 422 g/mol. The molecule has 0 saturated carbocycles. The summed E-state index contributed by atoms with van der Waals surface area (Å²) >= 11 is 0. The van der Waals surface area contributed by atoms with Gasteiger partial charge in [-0.1, -0.05) is 24.3 Å². The van der Waals surface area contributed by atoms with Gasteiger partial charge in [-0.3, -0.25) is 4.79 Å². The minimum absolute atomic E-state index is 0.0674. The molecule has 1 atom stereocenters. The maximum Gasteiger partial charge on any atom is 0.224 e. The lowest BCUT2D eigenvalue weighted by Gasteiger charge is -2.35. The number of imidazole rings is 1. The van der Waals surface area contributed by atoms with Crippen LogP contribution in [0.3, 0.4) is 0 Å². The molecular weight excluding hydrogens is 395 g/mol. The van der Waals surface area contributed by atoms with Crippen LogP contribution in [0.15, 0.2) is 54.9 Å². The Morgan fingerprint density at radius 3 is 2.87 bits per heavy atom. The molecule has 1 aliphatic rings. The van der Waals surface area contributed by atoms with Crippen molar-refractivity contribution < 1.29 is 14.3 Å². The highest BCUT2D eigenvalue weighted by molar-refractivity contribution is 5.77. The number of hydrogen-bond acceptors (Lipinski definition) is 4. The molecule has 7 heteroatoms. The molecule has 31 heavy (non-hydrogen) atoms. The van der Waals surface area contributed by atoms with Crippen molar-refractivity contribution in [2.24, 2.45) is 0 Å². The zero-order valence-corrected chi connectivity index (χ0v) is 17.6. The minimum atomic E-state index is -0.276. The van der Waals surface area contributed by atoms with Crippen LogP contribution in [0.4, 0.5) is 4.39 Å². The van der Waals surface area contributed by atoms with E-state index in [9.17, 15) is 14.3 Å². The molecule has 0 aliphatic carbocycles. The number of fused-ring (bicyclic) bond motifs is 1. The summed E-state index contributed by atoms with van der Waals surface area (Å²) in [4.78, 5) is 24.8. The molecule has 6 nitrogen and oxygen atoms in total. The molecule has 0 saturated heterocycles. The fourth-order valence-electron chi connectivity index (χ4n) is 4.22. The molecule has 0 radical (unpaired) electrons. The summed E-state index contributed by atoms with van der Waals surface area (Å²) in [7, 11) is 1.96. The van der Waals surface area contributed by atoms with Crippen LogP contribution in [0, 0.1) is 5.82 Å². The molecular formula is C24H27FN4O2. The summed E-state index contributed by atoms with van der Waals surface area (Å²) in [5.74, 6) is 0.0325. The number of carbonyl (C=O) groups excluding carboxylic acids is 1. The first-order chi connectivity index (χ1) is 15.0. The molecule has 0 spiro atoms. The second-order valence-corrected chi connectivity index (χ2v) is 8.11. The highest BCUT2D eigenvalue weighted by atomic mass is 19.1. The number of benzene rings is 2. The maximum atomic E-state index is 13.7. The topological polar surface area (TPSA) is 72.5 Å². The average molecular weight is 423 g/mol. The van der Waals surface area contributed by atoms with Crippen LogP contribution in [-0.4, -0.2) is 50.9 Å². The van der Waals surface area contributed by atoms with E-state index in [1.54, 1.807) is 24.5 Å². The predicted octanol–water partition coefficient (Wildman–Crippen LogP) is 3.45. The smallest absolute Gasteiger partial charge is 0.224 e. The van der Waals surface area contributed by atoms with Gasteiger partial charge in [0.2, 0.25) is 5.91 Å². The number of amides is 1. The Hall–Kier alpha value is -3.19. The molecule has 1 amide bonds. The molecule has 2 heterocycles. The number of carbonyl (C=O) groups is 1. The molecule has 2 N–H and O–H groups in total. The molecule has 1 aromatic heterocycles. The van der Waals surface area contributed by atoms with Gasteiger partial charge >= 0.3 is 0 Å². The number of aromatic amines is 1. The third-order valence-electron chi connectivity index (χ3n) is 5.76. The van der Waals surface area contributed by atoms with Crippen molar-refractivity contribution in [3.8, 4) is 5.75 Å². The Balaban J connectivity index is 1.43. The first-order valence-electron chi connectivity index (χ1n) is 10.5. The van der Waals surface area contributed by atoms with E-state index in [1.165, 1.54) is 12.1 Å². The van der Waals surface area contributed by atoms with Gasteiger partial charge < -0.3 is 19.9 Å². The van der Waals surface area contributed by atoms with E-state index in [4.69, 9.17) is 0 Å². The number of aromatic nitrogens is 2. The maximum absolute atomic E-state index is 13.7. The number of nitrogens with zero attached hydrogens (tertiary/aromatic N) is 3. The average Bonchev–Trinajstić information content (AvgIpc) is 3.22. The quantitative estimate of drug-likeness (QED) is 0.612. The molecule has 162 valence electrons. The lowest BCUT2D eigenvalue weighted by atomic mass is 9.95. The van der Waals surface area contributed by atoms with Crippen LogP contribution in [0.2, 0.25) is 0 Å². The second kappa shape index (κ2) is 9.31. The summed E-state index contributed by atoms with van der Waals surface area (Å²) in [6, 6.07) is 13.5. The summed E-state index contributed by atoms with van der Waals surface area (Å²) in [6.07, 6.45) is 3.31. The highest BCUT2D eigenvalue weighted by Gasteiger charge is 2.32. The van der Waals surface area contributed by atoms with E-state index in [0.717, 1.165) is 28.9 Å². The Morgan fingerprint density at radius 1 is 1.26 bits per heavy atom. The van der Waals surface area contributed by atoms with Crippen molar-refractivity contribution in [3.05, 3.63) is 83.2 Å². The Morgan fingerprint density at radius 2 is 2.06 bits per heavy atom.